The molecule has 0 amide bonds. The van der Waals surface area contributed by atoms with Crippen LogP contribution in [0.4, 0.5) is 11.8 Å². The van der Waals surface area contributed by atoms with Crippen molar-refractivity contribution in [1.82, 2.24) is 24.7 Å². The lowest BCUT2D eigenvalue weighted by molar-refractivity contribution is 0.712. The van der Waals surface area contributed by atoms with Crippen LogP contribution in [0.5, 0.6) is 0 Å². The van der Waals surface area contributed by atoms with Gasteiger partial charge in [0.15, 0.2) is 0 Å². The number of aryl methyl sites for hydroxylation is 2. The Hall–Kier alpha value is -3.29. The fourth-order valence-corrected chi connectivity index (χ4v) is 3.45. The first-order valence-electron chi connectivity index (χ1n) is 9.42. The second kappa shape index (κ2) is 7.75. The maximum absolute atomic E-state index is 12.2. The smallest absolute Gasteiger partial charge is 0.258 e. The van der Waals surface area contributed by atoms with Gasteiger partial charge in [0.05, 0.1) is 23.8 Å². The maximum atomic E-state index is 12.2. The molecule has 3 aromatic rings. The summed E-state index contributed by atoms with van der Waals surface area (Å²) in [7, 11) is 0. The van der Waals surface area contributed by atoms with Gasteiger partial charge in [0.1, 0.15) is 5.82 Å². The number of anilines is 2. The zero-order chi connectivity index (χ0) is 19.5. The quantitative estimate of drug-likeness (QED) is 0.705. The molecule has 1 aliphatic carbocycles. The van der Waals surface area contributed by atoms with Crippen molar-refractivity contribution in [3.8, 4) is 5.69 Å². The Balaban J connectivity index is 1.37. The average Bonchev–Trinajstić information content (AvgIpc) is 3.13. The van der Waals surface area contributed by atoms with Gasteiger partial charge in [-0.25, -0.2) is 9.97 Å². The van der Waals surface area contributed by atoms with Gasteiger partial charge in [-0.3, -0.25) is 9.36 Å². The Morgan fingerprint density at radius 1 is 1.00 bits per heavy atom. The Bertz CT molecular complexity index is 998. The van der Waals surface area contributed by atoms with E-state index in [0.29, 0.717) is 23.6 Å². The molecular weight excluding hydrogens is 354 g/mol. The van der Waals surface area contributed by atoms with Gasteiger partial charge in [0, 0.05) is 23.8 Å². The highest BCUT2D eigenvalue weighted by atomic mass is 16.1. The molecule has 1 fully saturated rings. The number of rotatable bonds is 5. The molecule has 0 saturated heterocycles. The van der Waals surface area contributed by atoms with E-state index in [0.717, 1.165) is 36.5 Å². The molecule has 2 N–H and O–H groups in total. The molecule has 0 aromatic carbocycles. The van der Waals surface area contributed by atoms with Crippen LogP contribution in [0, 0.1) is 13.8 Å². The Labute approximate surface area is 163 Å². The van der Waals surface area contributed by atoms with Crippen LogP contribution < -0.4 is 16.2 Å². The molecule has 28 heavy (non-hydrogen) atoms. The number of hydrogen-bond acceptors (Lipinski definition) is 7. The van der Waals surface area contributed by atoms with Gasteiger partial charge in [-0.2, -0.15) is 5.10 Å². The van der Waals surface area contributed by atoms with E-state index in [9.17, 15) is 4.79 Å². The van der Waals surface area contributed by atoms with Crippen LogP contribution in [0.2, 0.25) is 0 Å². The van der Waals surface area contributed by atoms with Crippen LogP contribution in [0.3, 0.4) is 0 Å². The summed E-state index contributed by atoms with van der Waals surface area (Å²) in [6.45, 7) is 3.68. The molecule has 1 saturated carbocycles. The van der Waals surface area contributed by atoms with Crippen molar-refractivity contribution >= 4 is 11.8 Å². The van der Waals surface area contributed by atoms with Crippen molar-refractivity contribution in [3.63, 3.8) is 0 Å². The summed E-state index contributed by atoms with van der Waals surface area (Å²) in [4.78, 5) is 21.0. The maximum Gasteiger partial charge on any atom is 0.258 e. The Morgan fingerprint density at radius 3 is 2.54 bits per heavy atom. The normalized spacial score (nSPS) is 18.8. The summed E-state index contributed by atoms with van der Waals surface area (Å²) in [6.07, 6.45) is 8.22. The van der Waals surface area contributed by atoms with Gasteiger partial charge < -0.3 is 10.6 Å². The molecule has 0 unspecified atom stereocenters. The zero-order valence-electron chi connectivity index (χ0n) is 16.0. The Morgan fingerprint density at radius 2 is 1.82 bits per heavy atom. The summed E-state index contributed by atoms with van der Waals surface area (Å²) in [6, 6.07) is 8.14. The van der Waals surface area contributed by atoms with Crippen LogP contribution in [0.25, 0.3) is 5.69 Å². The summed E-state index contributed by atoms with van der Waals surface area (Å²) in [5.41, 5.74) is 2.25. The minimum Gasteiger partial charge on any atom is -0.367 e. The monoisotopic (exact) mass is 377 g/mol. The number of pyridine rings is 2. The highest BCUT2D eigenvalue weighted by molar-refractivity contribution is 5.42. The topological polar surface area (TPSA) is 97.6 Å². The number of nitrogens with one attached hydrogen (secondary N) is 2. The van der Waals surface area contributed by atoms with Gasteiger partial charge in [-0.15, -0.1) is 5.10 Å². The molecule has 0 radical (unpaired) electrons. The third kappa shape index (κ3) is 4.00. The third-order valence-corrected chi connectivity index (χ3v) is 4.96. The SMILES string of the molecule is Cc1cnc(N[C@H]2CC[C@H](Nc3ccc(-n4cccc(C)c4=O)cn3)C2)nn1. The van der Waals surface area contributed by atoms with Crippen molar-refractivity contribution in [2.75, 3.05) is 10.6 Å². The molecular formula is C20H23N7O. The summed E-state index contributed by atoms with van der Waals surface area (Å²) < 4.78 is 1.61. The van der Waals surface area contributed by atoms with Crippen LogP contribution in [-0.4, -0.2) is 36.8 Å². The van der Waals surface area contributed by atoms with Gasteiger partial charge >= 0.3 is 0 Å². The van der Waals surface area contributed by atoms with Crippen molar-refractivity contribution < 1.29 is 0 Å². The van der Waals surface area contributed by atoms with E-state index in [1.165, 1.54) is 0 Å². The van der Waals surface area contributed by atoms with E-state index in [2.05, 4.69) is 30.8 Å². The molecule has 0 spiro atoms. The van der Waals surface area contributed by atoms with E-state index in [1.54, 1.807) is 23.2 Å². The fourth-order valence-electron chi connectivity index (χ4n) is 3.45. The Kier molecular flexibility index (Phi) is 5.01. The van der Waals surface area contributed by atoms with Crippen LogP contribution in [0.15, 0.2) is 47.7 Å². The molecule has 3 heterocycles. The van der Waals surface area contributed by atoms with Crippen LogP contribution >= 0.6 is 0 Å². The highest BCUT2D eigenvalue weighted by Gasteiger charge is 2.25. The molecule has 8 nitrogen and oxygen atoms in total. The summed E-state index contributed by atoms with van der Waals surface area (Å²) >= 11 is 0. The van der Waals surface area contributed by atoms with Gasteiger partial charge in [-0.1, -0.05) is 6.07 Å². The van der Waals surface area contributed by atoms with Gasteiger partial charge in [0.2, 0.25) is 5.95 Å². The average molecular weight is 377 g/mol. The standard InChI is InChI=1S/C20H23N7O/c1-13-4-3-9-27(19(13)28)17-7-8-18(21-12-17)23-15-5-6-16(10-15)24-20-22-11-14(2)25-26-20/h3-4,7-9,11-12,15-16H,5-6,10H2,1-2H3,(H,21,23)(H,22,24,26)/t15-,16-/m0/s1. The zero-order valence-corrected chi connectivity index (χ0v) is 16.0. The first kappa shape index (κ1) is 18.1. The van der Waals surface area contributed by atoms with E-state index in [4.69, 9.17) is 0 Å². The van der Waals surface area contributed by atoms with Crippen molar-refractivity contribution in [1.29, 1.82) is 0 Å². The number of nitrogens with zero attached hydrogens (tertiary/aromatic N) is 5. The van der Waals surface area contributed by atoms with Crippen LogP contribution in [-0.2, 0) is 0 Å². The minimum atomic E-state index is -0.0254. The number of aromatic nitrogens is 5. The predicted molar refractivity (Wildman–Crippen MR) is 108 cm³/mol. The van der Waals surface area contributed by atoms with E-state index in [1.807, 2.05) is 38.1 Å². The van der Waals surface area contributed by atoms with Gasteiger partial charge in [0.25, 0.3) is 5.56 Å². The largest absolute Gasteiger partial charge is 0.367 e. The highest BCUT2D eigenvalue weighted by Crippen LogP contribution is 2.24. The van der Waals surface area contributed by atoms with Gasteiger partial charge in [-0.05, 0) is 51.3 Å². The molecule has 8 heteroatoms. The molecule has 0 bridgehead atoms. The predicted octanol–water partition coefficient (Wildman–Crippen LogP) is 2.48. The first-order chi connectivity index (χ1) is 13.6. The third-order valence-electron chi connectivity index (χ3n) is 4.96. The van der Waals surface area contributed by atoms with Crippen molar-refractivity contribution in [3.05, 3.63) is 64.5 Å². The second-order valence-electron chi connectivity index (χ2n) is 7.19. The summed E-state index contributed by atoms with van der Waals surface area (Å²) in [5, 5.41) is 14.9. The molecule has 0 aliphatic heterocycles. The molecule has 1 aliphatic rings. The lowest BCUT2D eigenvalue weighted by Gasteiger charge is -2.15. The molecule has 4 rings (SSSR count). The van der Waals surface area contributed by atoms with Crippen molar-refractivity contribution in [2.24, 2.45) is 0 Å². The lowest BCUT2D eigenvalue weighted by Crippen LogP contribution is -2.22. The molecule has 144 valence electrons. The molecule has 2 atom stereocenters. The first-order valence-corrected chi connectivity index (χ1v) is 9.42. The van der Waals surface area contributed by atoms with E-state index in [-0.39, 0.29) is 5.56 Å². The minimum absolute atomic E-state index is 0.0254. The second-order valence-corrected chi connectivity index (χ2v) is 7.19. The van der Waals surface area contributed by atoms with Crippen LogP contribution in [0.1, 0.15) is 30.5 Å². The summed E-state index contributed by atoms with van der Waals surface area (Å²) in [5.74, 6) is 1.38. The fraction of sp³-hybridized carbons (Fsp3) is 0.350. The lowest BCUT2D eigenvalue weighted by atomic mass is 10.2. The van der Waals surface area contributed by atoms with E-state index < -0.39 is 0 Å². The van der Waals surface area contributed by atoms with E-state index >= 15 is 0 Å². The van der Waals surface area contributed by atoms with Crippen molar-refractivity contribution in [2.45, 2.75) is 45.2 Å². The number of hydrogen-bond donors (Lipinski definition) is 2. The molecule has 3 aromatic heterocycles.